The van der Waals surface area contributed by atoms with Gasteiger partial charge in [-0.25, -0.2) is 4.39 Å². The normalized spacial score (nSPS) is 26.6. The van der Waals surface area contributed by atoms with Crippen LogP contribution in [0.5, 0.6) is 11.5 Å². The van der Waals surface area contributed by atoms with E-state index in [-0.39, 0.29) is 34.6 Å². The van der Waals surface area contributed by atoms with Crippen molar-refractivity contribution in [3.8, 4) is 11.5 Å². The summed E-state index contributed by atoms with van der Waals surface area (Å²) in [6, 6.07) is 4.80. The first-order valence-electron chi connectivity index (χ1n) is 14.1. The molecule has 3 N–H and O–H groups in total. The molecule has 2 aromatic carbocycles. The van der Waals surface area contributed by atoms with Crippen molar-refractivity contribution in [1.82, 2.24) is 5.32 Å². The summed E-state index contributed by atoms with van der Waals surface area (Å²) in [7, 11) is 1.29. The molecule has 0 radical (unpaired) electrons. The summed E-state index contributed by atoms with van der Waals surface area (Å²) < 4.78 is 66.0. The van der Waals surface area contributed by atoms with Crippen LogP contribution >= 0.6 is 11.6 Å². The van der Waals surface area contributed by atoms with Crippen molar-refractivity contribution in [1.29, 1.82) is 0 Å². The molecule has 2 amide bonds. The van der Waals surface area contributed by atoms with E-state index in [4.69, 9.17) is 21.1 Å². The van der Waals surface area contributed by atoms with Gasteiger partial charge in [-0.15, -0.1) is 0 Å². The van der Waals surface area contributed by atoms with Crippen molar-refractivity contribution in [2.45, 2.75) is 63.3 Å². The van der Waals surface area contributed by atoms with Crippen molar-refractivity contribution in [2.75, 3.05) is 12.4 Å². The molecule has 5 rings (SSSR count). The maximum absolute atomic E-state index is 14.9. The lowest BCUT2D eigenvalue weighted by Crippen LogP contribution is -2.48. The van der Waals surface area contributed by atoms with E-state index < -0.39 is 64.3 Å². The molecule has 8 nitrogen and oxygen atoms in total. The van der Waals surface area contributed by atoms with Gasteiger partial charge < -0.3 is 25.2 Å². The first-order valence-corrected chi connectivity index (χ1v) is 14.5. The summed E-state index contributed by atoms with van der Waals surface area (Å²) in [5.74, 6) is -4.21. The Morgan fingerprint density at radius 2 is 1.67 bits per heavy atom. The van der Waals surface area contributed by atoms with Crippen molar-refractivity contribution in [3.05, 3.63) is 52.3 Å². The summed E-state index contributed by atoms with van der Waals surface area (Å²) in [6.45, 7) is 0. The number of carboxylic acids is 1. The van der Waals surface area contributed by atoms with Gasteiger partial charge in [0.2, 0.25) is 5.91 Å². The van der Waals surface area contributed by atoms with Gasteiger partial charge in [0.05, 0.1) is 41.2 Å². The molecule has 2 bridgehead atoms. The van der Waals surface area contributed by atoms with Gasteiger partial charge in [-0.3, -0.25) is 14.4 Å². The maximum atomic E-state index is 14.9. The van der Waals surface area contributed by atoms with Gasteiger partial charge in [-0.2, -0.15) is 13.2 Å². The molecule has 4 atom stereocenters. The Hall–Kier alpha value is -3.54. The van der Waals surface area contributed by atoms with Crippen molar-refractivity contribution >= 4 is 35.1 Å². The van der Waals surface area contributed by atoms with Crippen LogP contribution in [0.2, 0.25) is 5.02 Å². The van der Waals surface area contributed by atoms with Gasteiger partial charge in [-0.05, 0) is 81.0 Å². The van der Waals surface area contributed by atoms with Gasteiger partial charge in [0.25, 0.3) is 5.91 Å². The van der Waals surface area contributed by atoms with Crippen LogP contribution in [0.3, 0.4) is 0 Å². The molecule has 3 fully saturated rings. The highest BCUT2D eigenvalue weighted by Gasteiger charge is 2.51. The number of anilines is 1. The highest BCUT2D eigenvalue weighted by Crippen LogP contribution is 2.49. The SMILES string of the molecule is COc1cc(F)c(OC2CCC(C(=O)O)CC2)cc1C(=O)NC1C2CCC(C2)C1C(=O)Nc1ccc(Cl)c(C(F)(F)F)c1. The molecule has 4 unspecified atom stereocenters. The monoisotopic (exact) mass is 626 g/mol. The minimum atomic E-state index is -4.70. The Balaban J connectivity index is 1.32. The lowest BCUT2D eigenvalue weighted by Gasteiger charge is -2.31. The van der Waals surface area contributed by atoms with E-state index in [1.807, 2.05) is 0 Å². The number of halogens is 5. The van der Waals surface area contributed by atoms with Crippen molar-refractivity contribution in [2.24, 2.45) is 23.7 Å². The lowest BCUT2D eigenvalue weighted by atomic mass is 9.83. The average Bonchev–Trinajstić information content (AvgIpc) is 3.56. The van der Waals surface area contributed by atoms with Gasteiger partial charge in [0.1, 0.15) is 5.75 Å². The average molecular weight is 627 g/mol. The summed E-state index contributed by atoms with van der Waals surface area (Å²) in [5, 5.41) is 14.2. The van der Waals surface area contributed by atoms with E-state index in [0.717, 1.165) is 31.0 Å². The second kappa shape index (κ2) is 12.2. The Labute approximate surface area is 250 Å². The minimum absolute atomic E-state index is 0.00688. The number of alkyl halides is 3. The fourth-order valence-electron chi connectivity index (χ4n) is 6.73. The molecule has 13 heteroatoms. The van der Waals surface area contributed by atoms with Crippen LogP contribution in [-0.2, 0) is 15.8 Å². The molecule has 3 aliphatic carbocycles. The van der Waals surface area contributed by atoms with E-state index in [1.165, 1.54) is 19.2 Å². The molecular weight excluding hydrogens is 596 g/mol. The Morgan fingerprint density at radius 1 is 0.977 bits per heavy atom. The number of amides is 2. The van der Waals surface area contributed by atoms with E-state index in [1.54, 1.807) is 0 Å². The number of aliphatic carboxylic acids is 1. The van der Waals surface area contributed by atoms with Crippen LogP contribution in [0.15, 0.2) is 30.3 Å². The predicted octanol–water partition coefficient (Wildman–Crippen LogP) is 6.31. The van der Waals surface area contributed by atoms with Gasteiger partial charge in [0.15, 0.2) is 11.6 Å². The van der Waals surface area contributed by atoms with Crippen LogP contribution in [0.4, 0.5) is 23.2 Å². The van der Waals surface area contributed by atoms with E-state index in [0.29, 0.717) is 32.1 Å². The molecule has 0 aromatic heterocycles. The van der Waals surface area contributed by atoms with Crippen LogP contribution in [0.1, 0.15) is 60.9 Å². The molecule has 232 valence electrons. The molecule has 3 saturated carbocycles. The lowest BCUT2D eigenvalue weighted by molar-refractivity contribution is -0.143. The molecular formula is C30H31ClF4N2O6. The third-order valence-electron chi connectivity index (χ3n) is 8.87. The number of carbonyl (C=O) groups is 3. The summed E-state index contributed by atoms with van der Waals surface area (Å²) in [4.78, 5) is 38.2. The first-order chi connectivity index (χ1) is 20.3. The Morgan fingerprint density at radius 3 is 2.33 bits per heavy atom. The summed E-state index contributed by atoms with van der Waals surface area (Å²) in [5.41, 5.74) is -1.14. The quantitative estimate of drug-likeness (QED) is 0.296. The Bertz CT molecular complexity index is 1410. The zero-order chi connectivity index (χ0) is 31.1. The second-order valence-corrected chi connectivity index (χ2v) is 11.9. The number of carboxylic acid groups (broad SMARTS) is 1. The number of benzene rings is 2. The number of methoxy groups -OCH3 is 1. The smallest absolute Gasteiger partial charge is 0.417 e. The maximum Gasteiger partial charge on any atom is 0.417 e. The van der Waals surface area contributed by atoms with E-state index >= 15 is 0 Å². The van der Waals surface area contributed by atoms with E-state index in [2.05, 4.69) is 10.6 Å². The standard InChI is InChI=1S/C30H31ClF4N2O6/c1-42-23-13-22(32)24(43-18-7-4-14(5-8-18)29(40)41)12-19(23)27(38)37-26-16-3-2-15(10-16)25(26)28(39)36-17-6-9-21(31)20(11-17)30(33,34)35/h6,9,11-16,18,25-26H,2-5,7-8,10H2,1H3,(H,36,39)(H,37,38)(H,40,41). The fourth-order valence-corrected chi connectivity index (χ4v) is 6.95. The molecule has 0 saturated heterocycles. The molecule has 0 heterocycles. The summed E-state index contributed by atoms with van der Waals surface area (Å²) >= 11 is 5.71. The number of hydrogen-bond acceptors (Lipinski definition) is 5. The zero-order valence-corrected chi connectivity index (χ0v) is 23.9. The number of fused-ring (bicyclic) bond motifs is 2. The molecule has 2 aromatic rings. The van der Waals surface area contributed by atoms with Gasteiger partial charge in [0, 0.05) is 17.8 Å². The number of carbonyl (C=O) groups excluding carboxylic acids is 2. The zero-order valence-electron chi connectivity index (χ0n) is 23.2. The van der Waals surface area contributed by atoms with Crippen molar-refractivity contribution < 1.29 is 46.5 Å². The van der Waals surface area contributed by atoms with Gasteiger partial charge in [-0.1, -0.05) is 11.6 Å². The third-order valence-corrected chi connectivity index (χ3v) is 9.20. The van der Waals surface area contributed by atoms with Crippen LogP contribution in [0, 0.1) is 29.5 Å². The highest BCUT2D eigenvalue weighted by atomic mass is 35.5. The first kappa shape index (κ1) is 30.9. The largest absolute Gasteiger partial charge is 0.496 e. The molecule has 3 aliphatic rings. The van der Waals surface area contributed by atoms with Crippen LogP contribution in [0.25, 0.3) is 0 Å². The van der Waals surface area contributed by atoms with Crippen molar-refractivity contribution in [3.63, 3.8) is 0 Å². The Kier molecular flexibility index (Phi) is 8.78. The van der Waals surface area contributed by atoms with E-state index in [9.17, 15) is 37.1 Å². The fraction of sp³-hybridized carbons (Fsp3) is 0.500. The number of hydrogen-bond donors (Lipinski definition) is 3. The van der Waals surface area contributed by atoms with Gasteiger partial charge >= 0.3 is 12.1 Å². The molecule has 43 heavy (non-hydrogen) atoms. The van der Waals surface area contributed by atoms with Crippen LogP contribution < -0.4 is 20.1 Å². The topological polar surface area (TPSA) is 114 Å². The molecule has 0 aliphatic heterocycles. The van der Waals surface area contributed by atoms with Crippen LogP contribution in [-0.4, -0.2) is 42.1 Å². The summed E-state index contributed by atoms with van der Waals surface area (Å²) in [6.07, 6.45) is -1.30. The second-order valence-electron chi connectivity index (χ2n) is 11.5. The number of nitrogens with one attached hydrogen (secondary N) is 2. The predicted molar refractivity (Wildman–Crippen MR) is 148 cm³/mol. The third kappa shape index (κ3) is 6.53. The molecule has 0 spiro atoms. The highest BCUT2D eigenvalue weighted by molar-refractivity contribution is 6.31. The number of ether oxygens (including phenoxy) is 2. The number of rotatable bonds is 8. The minimum Gasteiger partial charge on any atom is -0.496 e.